The van der Waals surface area contributed by atoms with Crippen LogP contribution in [0.1, 0.15) is 28.7 Å². The molecule has 0 spiro atoms. The molecular weight excluding hydrogens is 334 g/mol. The third-order valence-corrected chi connectivity index (χ3v) is 4.72. The van der Waals surface area contributed by atoms with Crippen molar-refractivity contribution in [2.45, 2.75) is 25.9 Å². The predicted molar refractivity (Wildman–Crippen MR) is 99.5 cm³/mol. The first-order valence-corrected chi connectivity index (χ1v) is 8.90. The van der Waals surface area contributed by atoms with Crippen LogP contribution in [0.25, 0.3) is 10.2 Å². The third kappa shape index (κ3) is 4.64. The Kier molecular flexibility index (Phi) is 5.40. The average Bonchev–Trinajstić information content (AvgIpc) is 3.03. The highest BCUT2D eigenvalue weighted by Crippen LogP contribution is 2.21. The smallest absolute Gasteiger partial charge is 0.251 e. The molecule has 2 N–H and O–H groups in total. The van der Waals surface area contributed by atoms with Gasteiger partial charge in [-0.1, -0.05) is 30.3 Å². The van der Waals surface area contributed by atoms with Gasteiger partial charge in [0, 0.05) is 18.0 Å². The van der Waals surface area contributed by atoms with E-state index in [2.05, 4.69) is 15.6 Å². The third-order valence-electron chi connectivity index (χ3n) is 3.68. The number of nitrogens with one attached hydrogen (secondary N) is 2. The second-order valence-electron chi connectivity index (χ2n) is 5.80. The van der Waals surface area contributed by atoms with Crippen LogP contribution in [0.4, 0.5) is 0 Å². The fourth-order valence-corrected chi connectivity index (χ4v) is 3.37. The highest BCUT2D eigenvalue weighted by molar-refractivity contribution is 7.18. The van der Waals surface area contributed by atoms with Crippen LogP contribution >= 0.6 is 11.3 Å². The number of hydrogen-bond donors (Lipinski definition) is 2. The van der Waals surface area contributed by atoms with Crippen molar-refractivity contribution in [2.75, 3.05) is 0 Å². The Bertz CT molecular complexity index is 844. The topological polar surface area (TPSA) is 71.1 Å². The maximum absolute atomic E-state index is 12.1. The highest BCUT2D eigenvalue weighted by atomic mass is 32.1. The van der Waals surface area contributed by atoms with Gasteiger partial charge in [-0.2, -0.15) is 0 Å². The SMILES string of the molecule is CC(CC(=O)NCc1nc2ccccc2s1)NC(=O)c1ccccc1. The van der Waals surface area contributed by atoms with Gasteiger partial charge < -0.3 is 10.6 Å². The standard InChI is InChI=1S/C19H19N3O2S/c1-13(21-19(24)14-7-3-2-4-8-14)11-17(23)20-12-18-22-15-9-5-6-10-16(15)25-18/h2-10,13H,11-12H2,1H3,(H,20,23)(H,21,24). The maximum Gasteiger partial charge on any atom is 0.251 e. The molecule has 0 aliphatic rings. The van der Waals surface area contributed by atoms with Crippen molar-refractivity contribution in [1.29, 1.82) is 0 Å². The summed E-state index contributed by atoms with van der Waals surface area (Å²) in [6, 6.07) is 16.6. The van der Waals surface area contributed by atoms with Crippen LogP contribution in [0, 0.1) is 0 Å². The predicted octanol–water partition coefficient (Wildman–Crippen LogP) is 3.12. The number of amides is 2. The molecule has 0 bridgehead atoms. The van der Waals surface area contributed by atoms with Gasteiger partial charge >= 0.3 is 0 Å². The Morgan fingerprint density at radius 3 is 2.56 bits per heavy atom. The first-order valence-electron chi connectivity index (χ1n) is 8.09. The van der Waals surface area contributed by atoms with Crippen molar-refractivity contribution >= 4 is 33.4 Å². The van der Waals surface area contributed by atoms with Crippen molar-refractivity contribution in [3.8, 4) is 0 Å². The molecule has 0 fully saturated rings. The van der Waals surface area contributed by atoms with E-state index >= 15 is 0 Å². The molecule has 2 amide bonds. The van der Waals surface area contributed by atoms with Gasteiger partial charge in [-0.05, 0) is 31.2 Å². The van der Waals surface area contributed by atoms with Crippen molar-refractivity contribution < 1.29 is 9.59 Å². The molecular formula is C19H19N3O2S. The van der Waals surface area contributed by atoms with Gasteiger partial charge in [0.1, 0.15) is 5.01 Å². The summed E-state index contributed by atoms with van der Waals surface area (Å²) in [7, 11) is 0. The number of rotatable bonds is 6. The quantitative estimate of drug-likeness (QED) is 0.715. The number of aromatic nitrogens is 1. The summed E-state index contributed by atoms with van der Waals surface area (Å²) in [4.78, 5) is 28.6. The van der Waals surface area contributed by atoms with Gasteiger partial charge in [0.2, 0.25) is 5.91 Å². The summed E-state index contributed by atoms with van der Waals surface area (Å²) in [5.74, 6) is -0.285. The monoisotopic (exact) mass is 353 g/mol. The summed E-state index contributed by atoms with van der Waals surface area (Å²) in [6.07, 6.45) is 0.226. The Balaban J connectivity index is 1.47. The second-order valence-corrected chi connectivity index (χ2v) is 6.91. The van der Waals surface area contributed by atoms with Crippen LogP contribution < -0.4 is 10.6 Å². The van der Waals surface area contributed by atoms with Crippen molar-refractivity contribution in [3.63, 3.8) is 0 Å². The van der Waals surface area contributed by atoms with Crippen molar-refractivity contribution in [3.05, 3.63) is 65.2 Å². The molecule has 0 aliphatic heterocycles. The second kappa shape index (κ2) is 7.90. The summed E-state index contributed by atoms with van der Waals surface area (Å²) < 4.78 is 1.11. The largest absolute Gasteiger partial charge is 0.350 e. The van der Waals surface area contributed by atoms with E-state index in [4.69, 9.17) is 0 Å². The number of carbonyl (C=O) groups excluding carboxylic acids is 2. The molecule has 3 aromatic rings. The van der Waals surface area contributed by atoms with E-state index in [0.717, 1.165) is 15.2 Å². The minimum atomic E-state index is -0.247. The first kappa shape index (κ1) is 17.1. The van der Waals surface area contributed by atoms with E-state index in [9.17, 15) is 9.59 Å². The minimum absolute atomic E-state index is 0.111. The Morgan fingerprint density at radius 2 is 1.80 bits per heavy atom. The van der Waals surface area contributed by atoms with Crippen LogP contribution in [0.5, 0.6) is 0 Å². The number of hydrogen-bond acceptors (Lipinski definition) is 4. The fourth-order valence-electron chi connectivity index (χ4n) is 2.47. The maximum atomic E-state index is 12.1. The summed E-state index contributed by atoms with van der Waals surface area (Å²) in [5.41, 5.74) is 1.53. The zero-order valence-electron chi connectivity index (χ0n) is 13.9. The molecule has 1 aromatic heterocycles. The van der Waals surface area contributed by atoms with Crippen molar-refractivity contribution in [2.24, 2.45) is 0 Å². The Hall–Kier alpha value is -2.73. The average molecular weight is 353 g/mol. The lowest BCUT2D eigenvalue weighted by Crippen LogP contribution is -2.37. The number of benzene rings is 2. The molecule has 0 saturated heterocycles. The number of fused-ring (bicyclic) bond motifs is 1. The normalized spacial score (nSPS) is 11.9. The van der Waals surface area contributed by atoms with Crippen LogP contribution in [-0.2, 0) is 11.3 Å². The molecule has 5 nitrogen and oxygen atoms in total. The first-order chi connectivity index (χ1) is 12.1. The van der Waals surface area contributed by atoms with Crippen LogP contribution in [0.15, 0.2) is 54.6 Å². The molecule has 0 radical (unpaired) electrons. The highest BCUT2D eigenvalue weighted by Gasteiger charge is 2.13. The molecule has 3 rings (SSSR count). The van der Waals surface area contributed by atoms with Gasteiger partial charge in [0.15, 0.2) is 0 Å². The van der Waals surface area contributed by atoms with Crippen molar-refractivity contribution in [1.82, 2.24) is 15.6 Å². The van der Waals surface area contributed by atoms with Crippen LogP contribution in [-0.4, -0.2) is 22.8 Å². The molecule has 0 aliphatic carbocycles. The molecule has 6 heteroatoms. The summed E-state index contributed by atoms with van der Waals surface area (Å²) in [6.45, 7) is 2.22. The summed E-state index contributed by atoms with van der Waals surface area (Å²) in [5, 5.41) is 6.57. The van der Waals surface area contributed by atoms with Gasteiger partial charge in [-0.25, -0.2) is 4.98 Å². The number of para-hydroxylation sites is 1. The lowest BCUT2D eigenvalue weighted by molar-refractivity contribution is -0.121. The fraction of sp³-hybridized carbons (Fsp3) is 0.211. The molecule has 1 heterocycles. The van der Waals surface area contributed by atoms with E-state index in [1.165, 1.54) is 0 Å². The minimum Gasteiger partial charge on any atom is -0.350 e. The van der Waals surface area contributed by atoms with E-state index in [1.54, 1.807) is 23.5 Å². The molecule has 2 aromatic carbocycles. The van der Waals surface area contributed by atoms with Gasteiger partial charge in [-0.3, -0.25) is 9.59 Å². The molecule has 0 saturated carbocycles. The van der Waals surface area contributed by atoms with E-state index in [1.807, 2.05) is 49.4 Å². The number of thiazole rings is 1. The van der Waals surface area contributed by atoms with E-state index in [0.29, 0.717) is 12.1 Å². The zero-order chi connectivity index (χ0) is 17.6. The summed E-state index contributed by atoms with van der Waals surface area (Å²) >= 11 is 1.57. The van der Waals surface area contributed by atoms with Gasteiger partial charge in [0.25, 0.3) is 5.91 Å². The van der Waals surface area contributed by atoms with E-state index < -0.39 is 0 Å². The molecule has 1 unspecified atom stereocenters. The van der Waals surface area contributed by atoms with Gasteiger partial charge in [-0.15, -0.1) is 11.3 Å². The van der Waals surface area contributed by atoms with Gasteiger partial charge in [0.05, 0.1) is 16.8 Å². The molecule has 25 heavy (non-hydrogen) atoms. The van der Waals surface area contributed by atoms with Crippen LogP contribution in [0.3, 0.4) is 0 Å². The Labute approximate surface area is 150 Å². The molecule has 1 atom stereocenters. The lowest BCUT2D eigenvalue weighted by atomic mass is 10.1. The number of nitrogens with zero attached hydrogens (tertiary/aromatic N) is 1. The Morgan fingerprint density at radius 1 is 1.08 bits per heavy atom. The zero-order valence-corrected chi connectivity index (χ0v) is 14.7. The van der Waals surface area contributed by atoms with Crippen LogP contribution in [0.2, 0.25) is 0 Å². The molecule has 128 valence electrons. The number of carbonyl (C=O) groups is 2. The van der Waals surface area contributed by atoms with E-state index in [-0.39, 0.29) is 24.3 Å². The lowest BCUT2D eigenvalue weighted by Gasteiger charge is -2.13.